The van der Waals surface area contributed by atoms with Gasteiger partial charge in [-0.15, -0.1) is 0 Å². The van der Waals surface area contributed by atoms with E-state index in [1.807, 2.05) is 17.2 Å². The first kappa shape index (κ1) is 25.3. The van der Waals surface area contributed by atoms with E-state index in [2.05, 4.69) is 39.3 Å². The second kappa shape index (κ2) is 10.2. The fraction of sp³-hybridized carbons (Fsp3) is 0.581. The number of rotatable bonds is 5. The number of anilines is 3. The van der Waals surface area contributed by atoms with Gasteiger partial charge >= 0.3 is 0 Å². The van der Waals surface area contributed by atoms with E-state index in [0.717, 1.165) is 91.6 Å². The summed E-state index contributed by atoms with van der Waals surface area (Å²) in [6, 6.07) is 7.34. The molecule has 214 valence electrons. The first-order valence-electron chi connectivity index (χ1n) is 15.4. The Morgan fingerprint density at radius 1 is 1.02 bits per heavy atom. The molecule has 0 unspecified atom stereocenters. The molecule has 4 fully saturated rings. The molecule has 1 atom stereocenters. The molecule has 8 heterocycles. The zero-order valence-electron chi connectivity index (χ0n) is 23.8. The first-order valence-corrected chi connectivity index (χ1v) is 15.4. The average molecular weight is 555 g/mol. The summed E-state index contributed by atoms with van der Waals surface area (Å²) >= 11 is 0. The van der Waals surface area contributed by atoms with Crippen molar-refractivity contribution in [3.05, 3.63) is 41.3 Å². The van der Waals surface area contributed by atoms with Crippen LogP contribution in [0.15, 0.2) is 24.4 Å². The second-order valence-corrected chi connectivity index (χ2v) is 12.6. The molecule has 0 spiro atoms. The van der Waals surface area contributed by atoms with E-state index in [1.165, 1.54) is 25.7 Å². The SMILES string of the molecule is CN1CCC[C@@H](C(=O)N2CCc3nc(Nc4ncc5cc(C6COC6)nc(N6C7CCC6CC7)c5n4)ccc3C2)C1. The average Bonchev–Trinajstić information content (AvgIpc) is 3.56. The van der Waals surface area contributed by atoms with Gasteiger partial charge in [-0.05, 0) is 69.8 Å². The lowest BCUT2D eigenvalue weighted by Crippen LogP contribution is -2.45. The summed E-state index contributed by atoms with van der Waals surface area (Å²) in [4.78, 5) is 39.8. The van der Waals surface area contributed by atoms with Gasteiger partial charge in [-0.3, -0.25) is 4.79 Å². The number of nitrogens with one attached hydrogen (secondary N) is 1. The molecule has 0 aromatic carbocycles. The van der Waals surface area contributed by atoms with Crippen LogP contribution in [0.2, 0.25) is 0 Å². The van der Waals surface area contributed by atoms with Gasteiger partial charge in [0.05, 0.1) is 24.8 Å². The van der Waals surface area contributed by atoms with Crippen molar-refractivity contribution < 1.29 is 9.53 Å². The van der Waals surface area contributed by atoms with E-state index in [1.54, 1.807) is 0 Å². The summed E-state index contributed by atoms with van der Waals surface area (Å²) in [5.41, 5.74) is 4.17. The molecule has 5 aliphatic rings. The Labute approximate surface area is 240 Å². The number of hydrogen-bond donors (Lipinski definition) is 1. The molecule has 4 saturated heterocycles. The molecule has 3 aromatic heterocycles. The number of ether oxygens (including phenoxy) is 1. The van der Waals surface area contributed by atoms with Crippen LogP contribution in [0.5, 0.6) is 0 Å². The molecule has 10 nitrogen and oxygen atoms in total. The minimum Gasteiger partial charge on any atom is -0.380 e. The summed E-state index contributed by atoms with van der Waals surface area (Å²) in [6.45, 7) is 4.77. The molecule has 41 heavy (non-hydrogen) atoms. The normalized spacial score (nSPS) is 26.3. The number of amides is 1. The molecule has 0 saturated carbocycles. The maximum Gasteiger partial charge on any atom is 0.229 e. The molecule has 0 radical (unpaired) electrons. The van der Waals surface area contributed by atoms with Gasteiger partial charge in [0.15, 0.2) is 5.82 Å². The van der Waals surface area contributed by atoms with Crippen LogP contribution in [-0.4, -0.2) is 87.6 Å². The second-order valence-electron chi connectivity index (χ2n) is 12.6. The van der Waals surface area contributed by atoms with Gasteiger partial charge < -0.3 is 24.8 Å². The number of likely N-dealkylation sites (tertiary alicyclic amines) is 1. The molecular formula is C31H38N8O2. The third-order valence-electron chi connectivity index (χ3n) is 9.89. The Hall–Kier alpha value is -3.37. The van der Waals surface area contributed by atoms with Crippen LogP contribution in [0.4, 0.5) is 17.6 Å². The fourth-order valence-corrected chi connectivity index (χ4v) is 7.57. The number of piperidine rings is 1. The predicted molar refractivity (Wildman–Crippen MR) is 156 cm³/mol. The molecular weight excluding hydrogens is 516 g/mol. The summed E-state index contributed by atoms with van der Waals surface area (Å²) < 4.78 is 5.47. The number of fused-ring (bicyclic) bond motifs is 4. The van der Waals surface area contributed by atoms with Crippen LogP contribution in [0.1, 0.15) is 61.4 Å². The highest BCUT2D eigenvalue weighted by molar-refractivity contribution is 5.90. The summed E-state index contributed by atoms with van der Waals surface area (Å²) in [6.07, 6.45) is 9.71. The van der Waals surface area contributed by atoms with Crippen molar-refractivity contribution in [2.24, 2.45) is 5.92 Å². The smallest absolute Gasteiger partial charge is 0.229 e. The molecule has 5 aliphatic heterocycles. The summed E-state index contributed by atoms with van der Waals surface area (Å²) in [7, 11) is 2.11. The maximum atomic E-state index is 13.2. The van der Waals surface area contributed by atoms with Gasteiger partial charge in [0.25, 0.3) is 0 Å². The van der Waals surface area contributed by atoms with E-state index in [9.17, 15) is 4.79 Å². The van der Waals surface area contributed by atoms with E-state index in [4.69, 9.17) is 19.7 Å². The van der Waals surface area contributed by atoms with Crippen molar-refractivity contribution in [1.82, 2.24) is 29.7 Å². The third kappa shape index (κ3) is 4.61. The third-order valence-corrected chi connectivity index (χ3v) is 9.89. The van der Waals surface area contributed by atoms with E-state index in [-0.39, 0.29) is 11.8 Å². The highest BCUT2D eigenvalue weighted by Crippen LogP contribution is 2.43. The van der Waals surface area contributed by atoms with Crippen LogP contribution in [0, 0.1) is 5.92 Å². The molecule has 2 bridgehead atoms. The monoisotopic (exact) mass is 554 g/mol. The highest BCUT2D eigenvalue weighted by Gasteiger charge is 2.41. The van der Waals surface area contributed by atoms with Crippen molar-refractivity contribution in [1.29, 1.82) is 0 Å². The minimum absolute atomic E-state index is 0.113. The molecule has 0 aliphatic carbocycles. The summed E-state index contributed by atoms with van der Waals surface area (Å²) in [5, 5.41) is 4.40. The Morgan fingerprint density at radius 3 is 2.61 bits per heavy atom. The number of carbonyl (C=O) groups excluding carboxylic acids is 1. The van der Waals surface area contributed by atoms with Crippen LogP contribution in [-0.2, 0) is 22.5 Å². The van der Waals surface area contributed by atoms with Crippen molar-refractivity contribution >= 4 is 34.4 Å². The Bertz CT molecular complexity index is 1470. The van der Waals surface area contributed by atoms with Gasteiger partial charge in [-0.1, -0.05) is 6.07 Å². The van der Waals surface area contributed by atoms with Gasteiger partial charge in [0.1, 0.15) is 11.3 Å². The van der Waals surface area contributed by atoms with Crippen LogP contribution < -0.4 is 10.2 Å². The zero-order valence-corrected chi connectivity index (χ0v) is 23.8. The highest BCUT2D eigenvalue weighted by atomic mass is 16.5. The number of aromatic nitrogens is 4. The summed E-state index contributed by atoms with van der Waals surface area (Å²) in [5.74, 6) is 3.03. The van der Waals surface area contributed by atoms with Crippen molar-refractivity contribution in [2.75, 3.05) is 50.1 Å². The number of nitrogens with zero attached hydrogens (tertiary/aromatic N) is 7. The number of pyridine rings is 2. The molecule has 10 heteroatoms. The van der Waals surface area contributed by atoms with Crippen LogP contribution >= 0.6 is 0 Å². The standard InChI is InChI=1S/C31H38N8O2/c1-37-11-2-3-20(15-37)30(40)38-12-10-25-19(16-38)4-9-27(33-25)35-31-32-14-21-13-26(22-17-41-18-22)34-29(28(21)36-31)39-23-5-6-24(39)8-7-23/h4,9,13-14,20,22-24H,2-3,5-8,10-12,15-18H2,1H3,(H,32,33,35,36)/t20-,23?,24?/m1/s1. The Kier molecular flexibility index (Phi) is 6.29. The molecule has 8 rings (SSSR count). The lowest BCUT2D eigenvalue weighted by molar-refractivity contribution is -0.138. The number of carbonyl (C=O) groups is 1. The van der Waals surface area contributed by atoms with Crippen molar-refractivity contribution in [2.45, 2.75) is 69.5 Å². The van der Waals surface area contributed by atoms with Gasteiger partial charge in [-0.25, -0.2) is 19.9 Å². The van der Waals surface area contributed by atoms with Crippen molar-refractivity contribution in [3.8, 4) is 0 Å². The largest absolute Gasteiger partial charge is 0.380 e. The van der Waals surface area contributed by atoms with Gasteiger partial charge in [-0.2, -0.15) is 0 Å². The molecule has 1 amide bonds. The molecule has 3 aromatic rings. The van der Waals surface area contributed by atoms with Gasteiger partial charge in [0, 0.05) is 61.3 Å². The number of hydrogen-bond acceptors (Lipinski definition) is 9. The fourth-order valence-electron chi connectivity index (χ4n) is 7.57. The van der Waals surface area contributed by atoms with E-state index in [0.29, 0.717) is 30.5 Å². The molecule has 1 N–H and O–H groups in total. The zero-order chi connectivity index (χ0) is 27.5. The first-order chi connectivity index (χ1) is 20.1. The van der Waals surface area contributed by atoms with Crippen LogP contribution in [0.25, 0.3) is 10.9 Å². The Balaban J connectivity index is 1.04. The van der Waals surface area contributed by atoms with Crippen LogP contribution in [0.3, 0.4) is 0 Å². The lowest BCUT2D eigenvalue weighted by Gasteiger charge is -2.35. The predicted octanol–water partition coefficient (Wildman–Crippen LogP) is 3.63. The Morgan fingerprint density at radius 2 is 1.85 bits per heavy atom. The topological polar surface area (TPSA) is 99.6 Å². The van der Waals surface area contributed by atoms with E-state index >= 15 is 0 Å². The quantitative estimate of drug-likeness (QED) is 0.507. The van der Waals surface area contributed by atoms with Gasteiger partial charge in [0.2, 0.25) is 11.9 Å². The lowest BCUT2D eigenvalue weighted by atomic mass is 9.95. The van der Waals surface area contributed by atoms with E-state index < -0.39 is 0 Å². The van der Waals surface area contributed by atoms with Crippen molar-refractivity contribution in [3.63, 3.8) is 0 Å². The minimum atomic E-state index is 0.113. The maximum absolute atomic E-state index is 13.2.